The summed E-state index contributed by atoms with van der Waals surface area (Å²) in [5, 5.41) is 6.97. The van der Waals surface area contributed by atoms with E-state index in [1.165, 1.54) is 30.6 Å². The number of hydrogen-bond acceptors (Lipinski definition) is 5. The molecule has 0 aromatic carbocycles. The van der Waals surface area contributed by atoms with Crippen LogP contribution >= 0.6 is 0 Å². The number of nitriles is 1. The Hall–Kier alpha value is -1.74. The Morgan fingerprint density at radius 1 is 1.60 bits per heavy atom. The fraction of sp³-hybridized carbons (Fsp3) is 0.222. The second-order valence-corrected chi connectivity index (χ2v) is 5.08. The summed E-state index contributed by atoms with van der Waals surface area (Å²) in [7, 11) is -3.70. The number of pyridine rings is 1. The van der Waals surface area contributed by atoms with E-state index >= 15 is 0 Å². The summed E-state index contributed by atoms with van der Waals surface area (Å²) in [5.74, 6) is -0.743. The molecular weight excluding hydrogens is 216 g/mol. The Morgan fingerprint density at radius 2 is 2.27 bits per heavy atom. The Kier molecular flexibility index (Phi) is 3.17. The van der Waals surface area contributed by atoms with E-state index in [9.17, 15) is 13.2 Å². The fourth-order valence-electron chi connectivity index (χ4n) is 1.01. The molecule has 0 saturated carbocycles. The number of carbonyl (C=O) groups excluding carboxylic acids is 1. The maximum Gasteiger partial charge on any atom is 0.210 e. The van der Waals surface area contributed by atoms with Crippen LogP contribution in [0.4, 0.5) is 0 Å². The van der Waals surface area contributed by atoms with Crippen molar-refractivity contribution < 1.29 is 13.2 Å². The minimum Gasteiger partial charge on any atom is -0.291 e. The highest BCUT2D eigenvalue weighted by atomic mass is 32.2. The van der Waals surface area contributed by atoms with E-state index in [1.54, 1.807) is 0 Å². The van der Waals surface area contributed by atoms with Gasteiger partial charge in [0.25, 0.3) is 0 Å². The van der Waals surface area contributed by atoms with Crippen molar-refractivity contribution in [3.8, 4) is 6.07 Å². The summed E-state index contributed by atoms with van der Waals surface area (Å²) in [6, 6.07) is 4.40. The van der Waals surface area contributed by atoms with E-state index in [0.717, 1.165) is 6.26 Å². The minimum absolute atomic E-state index is 0.120. The first-order chi connectivity index (χ1) is 6.96. The van der Waals surface area contributed by atoms with Crippen LogP contribution in [0.25, 0.3) is 0 Å². The third-order valence-electron chi connectivity index (χ3n) is 1.73. The molecule has 1 aromatic heterocycles. The van der Waals surface area contributed by atoms with Gasteiger partial charge in [0, 0.05) is 24.2 Å². The van der Waals surface area contributed by atoms with Gasteiger partial charge in [0.15, 0.2) is 15.6 Å². The van der Waals surface area contributed by atoms with Crippen molar-refractivity contribution in [2.45, 2.75) is 5.25 Å². The molecule has 1 unspecified atom stereocenters. The molecule has 1 heterocycles. The molecule has 0 radical (unpaired) electrons. The minimum atomic E-state index is -3.70. The van der Waals surface area contributed by atoms with E-state index in [2.05, 4.69) is 4.98 Å². The van der Waals surface area contributed by atoms with Crippen molar-refractivity contribution in [1.82, 2.24) is 4.98 Å². The molecule has 0 saturated heterocycles. The van der Waals surface area contributed by atoms with Gasteiger partial charge in [0.05, 0.1) is 6.07 Å². The van der Waals surface area contributed by atoms with E-state index in [1.807, 2.05) is 0 Å². The summed E-state index contributed by atoms with van der Waals surface area (Å²) >= 11 is 0. The Bertz CT molecular complexity index is 502. The second-order valence-electron chi connectivity index (χ2n) is 2.94. The first kappa shape index (κ1) is 11.3. The Morgan fingerprint density at radius 3 is 2.67 bits per heavy atom. The Balaban J connectivity index is 3.11. The molecule has 1 atom stereocenters. The average molecular weight is 224 g/mol. The van der Waals surface area contributed by atoms with Crippen molar-refractivity contribution in [1.29, 1.82) is 5.26 Å². The van der Waals surface area contributed by atoms with Crippen LogP contribution in [0.5, 0.6) is 0 Å². The molecule has 0 aliphatic carbocycles. The van der Waals surface area contributed by atoms with Gasteiger partial charge in [-0.15, -0.1) is 0 Å². The molecule has 1 rings (SSSR count). The topological polar surface area (TPSA) is 87.9 Å². The molecule has 0 N–H and O–H groups in total. The lowest BCUT2D eigenvalue weighted by Crippen LogP contribution is -2.28. The molecule has 1 aromatic rings. The van der Waals surface area contributed by atoms with E-state index in [0.29, 0.717) is 0 Å². The number of nitrogens with zero attached hydrogens (tertiary/aromatic N) is 2. The maximum atomic E-state index is 11.6. The predicted molar refractivity (Wildman–Crippen MR) is 52.8 cm³/mol. The highest BCUT2D eigenvalue weighted by molar-refractivity contribution is 7.92. The smallest absolute Gasteiger partial charge is 0.210 e. The van der Waals surface area contributed by atoms with Crippen LogP contribution in [0.1, 0.15) is 10.4 Å². The van der Waals surface area contributed by atoms with Gasteiger partial charge in [0.2, 0.25) is 5.25 Å². The average Bonchev–Trinajstić information content (AvgIpc) is 2.18. The summed E-state index contributed by atoms with van der Waals surface area (Å²) in [6.45, 7) is 0. The number of Topliss-reactive ketones (excluding diaryl/α,β-unsaturated/α-hetero) is 1. The molecule has 0 spiro atoms. The largest absolute Gasteiger partial charge is 0.291 e. The summed E-state index contributed by atoms with van der Waals surface area (Å²) in [4.78, 5) is 15.3. The van der Waals surface area contributed by atoms with Gasteiger partial charge in [-0.05, 0) is 12.1 Å². The Labute approximate surface area is 87.3 Å². The van der Waals surface area contributed by atoms with E-state index in [4.69, 9.17) is 5.26 Å². The van der Waals surface area contributed by atoms with Crippen molar-refractivity contribution in [3.63, 3.8) is 0 Å². The second kappa shape index (κ2) is 4.19. The molecular formula is C9H8N2O3S. The van der Waals surface area contributed by atoms with Gasteiger partial charge in [-0.25, -0.2) is 8.42 Å². The van der Waals surface area contributed by atoms with Crippen LogP contribution in [0.2, 0.25) is 0 Å². The quantitative estimate of drug-likeness (QED) is 0.684. The fourth-order valence-corrected chi connectivity index (χ4v) is 1.73. The summed E-state index contributed by atoms with van der Waals surface area (Å²) in [6.07, 6.45) is 3.55. The van der Waals surface area contributed by atoms with Crippen LogP contribution in [0, 0.1) is 11.3 Å². The molecule has 0 amide bonds. The van der Waals surface area contributed by atoms with Crippen LogP contribution in [0.3, 0.4) is 0 Å². The molecule has 0 bridgehead atoms. The normalized spacial score (nSPS) is 12.8. The van der Waals surface area contributed by atoms with Gasteiger partial charge in [-0.1, -0.05) is 0 Å². The lowest BCUT2D eigenvalue weighted by Gasteiger charge is -2.04. The molecule has 0 aliphatic heterocycles. The number of hydrogen-bond donors (Lipinski definition) is 0. The number of carbonyl (C=O) groups is 1. The zero-order valence-corrected chi connectivity index (χ0v) is 8.73. The van der Waals surface area contributed by atoms with Crippen molar-refractivity contribution >= 4 is 15.6 Å². The van der Waals surface area contributed by atoms with Gasteiger partial charge in [-0.2, -0.15) is 5.26 Å². The summed E-state index contributed by atoms with van der Waals surface area (Å²) < 4.78 is 22.2. The lowest BCUT2D eigenvalue weighted by atomic mass is 10.1. The first-order valence-electron chi connectivity index (χ1n) is 3.99. The summed E-state index contributed by atoms with van der Waals surface area (Å²) in [5.41, 5.74) is 0.120. The number of sulfone groups is 1. The zero-order valence-electron chi connectivity index (χ0n) is 7.91. The van der Waals surface area contributed by atoms with Gasteiger partial charge in [0.1, 0.15) is 0 Å². The molecule has 78 valence electrons. The van der Waals surface area contributed by atoms with E-state index < -0.39 is 20.9 Å². The monoisotopic (exact) mass is 224 g/mol. The number of aromatic nitrogens is 1. The molecule has 5 nitrogen and oxygen atoms in total. The molecule has 0 fully saturated rings. The van der Waals surface area contributed by atoms with Crippen LogP contribution in [-0.2, 0) is 9.84 Å². The number of rotatable bonds is 3. The lowest BCUT2D eigenvalue weighted by molar-refractivity contribution is 0.100. The van der Waals surface area contributed by atoms with Gasteiger partial charge < -0.3 is 0 Å². The maximum absolute atomic E-state index is 11.6. The number of ketones is 1. The third-order valence-corrected chi connectivity index (χ3v) is 2.91. The molecule has 0 aliphatic rings. The van der Waals surface area contributed by atoms with Gasteiger partial charge in [-0.3, -0.25) is 9.78 Å². The van der Waals surface area contributed by atoms with Crippen molar-refractivity contribution in [2.24, 2.45) is 0 Å². The highest BCUT2D eigenvalue weighted by Gasteiger charge is 2.29. The van der Waals surface area contributed by atoms with Crippen LogP contribution < -0.4 is 0 Å². The van der Waals surface area contributed by atoms with Crippen molar-refractivity contribution in [2.75, 3.05) is 6.26 Å². The van der Waals surface area contributed by atoms with Crippen LogP contribution in [-0.4, -0.2) is 30.7 Å². The predicted octanol–water partition coefficient (Wildman–Crippen LogP) is 0.201. The van der Waals surface area contributed by atoms with Crippen LogP contribution in [0.15, 0.2) is 24.5 Å². The standard InChI is InChI=1S/C9H8N2O3S/c1-15(13,14)8(5-10)9(12)7-3-2-4-11-6-7/h2-4,6,8H,1H3. The SMILES string of the molecule is CS(=O)(=O)C(C#N)C(=O)c1cccnc1. The van der Waals surface area contributed by atoms with Crippen molar-refractivity contribution in [3.05, 3.63) is 30.1 Å². The first-order valence-corrected chi connectivity index (χ1v) is 5.95. The highest BCUT2D eigenvalue weighted by Crippen LogP contribution is 2.07. The van der Waals surface area contributed by atoms with Gasteiger partial charge >= 0.3 is 0 Å². The molecule has 6 heteroatoms. The molecule has 15 heavy (non-hydrogen) atoms. The third kappa shape index (κ3) is 2.60. The zero-order chi connectivity index (χ0) is 11.5. The van der Waals surface area contributed by atoms with E-state index in [-0.39, 0.29) is 5.56 Å².